The van der Waals surface area contributed by atoms with Gasteiger partial charge in [0.25, 0.3) is 0 Å². The van der Waals surface area contributed by atoms with Gasteiger partial charge in [-0.25, -0.2) is 0 Å². The van der Waals surface area contributed by atoms with E-state index >= 15 is 0 Å². The molecule has 3 nitrogen and oxygen atoms in total. The number of carbonyl (C=O) groups excluding carboxylic acids is 2. The average molecular weight is 525 g/mol. The van der Waals surface area contributed by atoms with Crippen molar-refractivity contribution in [1.82, 2.24) is 0 Å². The molecule has 0 aliphatic carbocycles. The first-order chi connectivity index (χ1) is 12.2. The molecule has 2 aromatic rings. The maximum absolute atomic E-state index is 11.2. The summed E-state index contributed by atoms with van der Waals surface area (Å²) in [5.41, 5.74) is 1.52. The Morgan fingerprint density at radius 3 is 2.04 bits per heavy atom. The number of carbonyl (C=O) groups is 2. The molecule has 0 bridgehead atoms. The number of halogens is 4. The number of hydrogen-bond donors (Lipinski definition) is 0. The van der Waals surface area contributed by atoms with Gasteiger partial charge in [0, 0.05) is 20.9 Å². The molecule has 0 radical (unpaired) electrons. The lowest BCUT2D eigenvalue weighted by Gasteiger charge is -2.09. The lowest BCUT2D eigenvalue weighted by atomic mass is 10.0. The van der Waals surface area contributed by atoms with Crippen molar-refractivity contribution in [2.75, 3.05) is 7.11 Å². The highest BCUT2D eigenvalue weighted by Crippen LogP contribution is 2.27. The highest BCUT2D eigenvalue weighted by molar-refractivity contribution is 9.10. The summed E-state index contributed by atoms with van der Waals surface area (Å²) < 4.78 is 6.28. The van der Waals surface area contributed by atoms with Gasteiger partial charge in [0.05, 0.1) is 23.1 Å². The van der Waals surface area contributed by atoms with Crippen LogP contribution >= 0.6 is 55.1 Å². The Labute approximate surface area is 180 Å². The van der Waals surface area contributed by atoms with E-state index in [9.17, 15) is 9.59 Å². The molecule has 0 amide bonds. The molecule has 0 heterocycles. The Morgan fingerprint density at radius 2 is 1.58 bits per heavy atom. The Bertz CT molecular complexity index is 794. The highest BCUT2D eigenvalue weighted by atomic mass is 79.9. The van der Waals surface area contributed by atoms with Crippen LogP contribution in [0.5, 0.6) is 0 Å². The van der Waals surface area contributed by atoms with E-state index in [1.54, 1.807) is 31.2 Å². The van der Waals surface area contributed by atoms with Crippen molar-refractivity contribution in [3.8, 4) is 0 Å². The molecule has 26 heavy (non-hydrogen) atoms. The SMILES string of the molecule is CCC(=O)c1ccc(Br)c(Cl)c1.COC(=O)C(C)c1ccc(Br)c(Cl)c1. The van der Waals surface area contributed by atoms with E-state index in [-0.39, 0.29) is 17.7 Å². The van der Waals surface area contributed by atoms with Crippen molar-refractivity contribution >= 4 is 66.8 Å². The topological polar surface area (TPSA) is 43.4 Å². The molecule has 0 spiro atoms. The van der Waals surface area contributed by atoms with E-state index < -0.39 is 0 Å². The van der Waals surface area contributed by atoms with Gasteiger partial charge in [0.2, 0.25) is 0 Å². The van der Waals surface area contributed by atoms with Gasteiger partial charge in [-0.3, -0.25) is 9.59 Å². The fraction of sp³-hybridized carbons (Fsp3) is 0.263. The molecule has 1 atom stereocenters. The number of rotatable bonds is 4. The molecule has 0 saturated carbocycles. The predicted molar refractivity (Wildman–Crippen MR) is 113 cm³/mol. The molecule has 140 valence electrons. The van der Waals surface area contributed by atoms with E-state index in [2.05, 4.69) is 36.6 Å². The van der Waals surface area contributed by atoms with Crippen LogP contribution in [0, 0.1) is 0 Å². The molecule has 2 aromatic carbocycles. The van der Waals surface area contributed by atoms with E-state index in [1.807, 2.05) is 19.1 Å². The summed E-state index contributed by atoms with van der Waals surface area (Å²) in [6, 6.07) is 10.6. The van der Waals surface area contributed by atoms with Crippen molar-refractivity contribution in [3.05, 3.63) is 66.5 Å². The number of ketones is 1. The minimum Gasteiger partial charge on any atom is -0.469 e. The van der Waals surface area contributed by atoms with Gasteiger partial charge in [0.15, 0.2) is 5.78 Å². The Balaban J connectivity index is 0.000000263. The van der Waals surface area contributed by atoms with E-state index in [1.165, 1.54) is 7.11 Å². The third-order valence-corrected chi connectivity index (χ3v) is 6.03. The summed E-state index contributed by atoms with van der Waals surface area (Å²) in [5.74, 6) is -0.432. The monoisotopic (exact) mass is 522 g/mol. The highest BCUT2D eigenvalue weighted by Gasteiger charge is 2.16. The first-order valence-electron chi connectivity index (χ1n) is 7.72. The van der Waals surface area contributed by atoms with Gasteiger partial charge in [-0.15, -0.1) is 0 Å². The van der Waals surface area contributed by atoms with Gasteiger partial charge in [0.1, 0.15) is 0 Å². The number of methoxy groups -OCH3 is 1. The third-order valence-electron chi connectivity index (χ3n) is 3.56. The molecule has 0 saturated heterocycles. The number of esters is 1. The van der Waals surface area contributed by atoms with Gasteiger partial charge in [-0.1, -0.05) is 42.3 Å². The number of hydrogen-bond acceptors (Lipinski definition) is 3. The molecule has 0 aliphatic heterocycles. The number of Topliss-reactive ketones (excluding diaryl/α,β-unsaturated/α-hetero) is 1. The van der Waals surface area contributed by atoms with E-state index in [4.69, 9.17) is 23.2 Å². The summed E-state index contributed by atoms with van der Waals surface area (Å²) in [6.07, 6.45) is 0.512. The molecule has 0 aromatic heterocycles. The zero-order valence-electron chi connectivity index (χ0n) is 14.5. The molecular weight excluding hydrogens is 507 g/mol. The van der Waals surface area contributed by atoms with Crippen LogP contribution in [0.3, 0.4) is 0 Å². The summed E-state index contributed by atoms with van der Waals surface area (Å²) in [6.45, 7) is 3.61. The zero-order chi connectivity index (χ0) is 19.9. The van der Waals surface area contributed by atoms with Crippen LogP contribution in [-0.2, 0) is 9.53 Å². The number of ether oxygens (including phenoxy) is 1. The molecular formula is C19H18Br2Cl2O3. The van der Waals surface area contributed by atoms with Gasteiger partial charge in [-0.05, 0) is 68.6 Å². The fourth-order valence-electron chi connectivity index (χ4n) is 1.97. The lowest BCUT2D eigenvalue weighted by molar-refractivity contribution is -0.141. The van der Waals surface area contributed by atoms with Crippen LogP contribution in [-0.4, -0.2) is 18.9 Å². The molecule has 1 unspecified atom stereocenters. The quantitative estimate of drug-likeness (QED) is 0.317. The largest absolute Gasteiger partial charge is 0.469 e. The molecule has 0 N–H and O–H groups in total. The van der Waals surface area contributed by atoms with Crippen molar-refractivity contribution in [2.24, 2.45) is 0 Å². The summed E-state index contributed by atoms with van der Waals surface area (Å²) in [4.78, 5) is 22.4. The van der Waals surface area contributed by atoms with Crippen LogP contribution in [0.1, 0.15) is 42.1 Å². The van der Waals surface area contributed by atoms with Crippen LogP contribution in [0.4, 0.5) is 0 Å². The molecule has 0 fully saturated rings. The molecule has 2 rings (SSSR count). The summed E-state index contributed by atoms with van der Waals surface area (Å²) >= 11 is 18.3. The maximum Gasteiger partial charge on any atom is 0.312 e. The van der Waals surface area contributed by atoms with Crippen LogP contribution in [0.15, 0.2) is 45.3 Å². The zero-order valence-corrected chi connectivity index (χ0v) is 19.2. The van der Waals surface area contributed by atoms with Crippen molar-refractivity contribution in [3.63, 3.8) is 0 Å². The Morgan fingerprint density at radius 1 is 1.04 bits per heavy atom. The minimum absolute atomic E-state index is 0.115. The van der Waals surface area contributed by atoms with E-state index in [0.29, 0.717) is 22.0 Å². The standard InChI is InChI=1S/C10H10BrClO2.C9H8BrClO/c1-6(10(13)14-2)7-3-4-8(11)9(12)5-7;1-2-9(12)6-3-4-7(10)8(11)5-6/h3-6H,1-2H3;3-5H,2H2,1H3. The first kappa shape index (κ1) is 23.2. The maximum atomic E-state index is 11.2. The second-order valence-electron chi connectivity index (χ2n) is 5.32. The average Bonchev–Trinajstić information content (AvgIpc) is 2.64. The normalized spacial score (nSPS) is 11.2. The van der Waals surface area contributed by atoms with Gasteiger partial charge < -0.3 is 4.74 Å². The summed E-state index contributed by atoms with van der Waals surface area (Å²) in [7, 11) is 1.37. The predicted octanol–water partition coefficient (Wildman–Crippen LogP) is 7.07. The van der Waals surface area contributed by atoms with Gasteiger partial charge in [-0.2, -0.15) is 0 Å². The number of benzene rings is 2. The molecule has 7 heteroatoms. The Kier molecular flexibility index (Phi) is 9.86. The molecule has 0 aliphatic rings. The summed E-state index contributed by atoms with van der Waals surface area (Å²) in [5, 5.41) is 1.17. The van der Waals surface area contributed by atoms with Crippen molar-refractivity contribution in [1.29, 1.82) is 0 Å². The van der Waals surface area contributed by atoms with Crippen LogP contribution in [0.25, 0.3) is 0 Å². The van der Waals surface area contributed by atoms with Crippen molar-refractivity contribution in [2.45, 2.75) is 26.2 Å². The smallest absolute Gasteiger partial charge is 0.312 e. The van der Waals surface area contributed by atoms with Gasteiger partial charge >= 0.3 is 5.97 Å². The Hall–Kier alpha value is -0.880. The van der Waals surface area contributed by atoms with Crippen molar-refractivity contribution < 1.29 is 14.3 Å². The first-order valence-corrected chi connectivity index (χ1v) is 10.1. The third kappa shape index (κ3) is 6.69. The lowest BCUT2D eigenvalue weighted by Crippen LogP contribution is -2.10. The van der Waals surface area contributed by atoms with E-state index in [0.717, 1.165) is 14.5 Å². The minimum atomic E-state index is -0.286. The second-order valence-corrected chi connectivity index (χ2v) is 7.85. The van der Waals surface area contributed by atoms with Crippen LogP contribution in [0.2, 0.25) is 10.0 Å². The second kappa shape index (κ2) is 11.1. The van der Waals surface area contributed by atoms with Crippen LogP contribution < -0.4 is 0 Å². The fourth-order valence-corrected chi connectivity index (χ4v) is 2.83.